The topological polar surface area (TPSA) is 92.5 Å². The molecule has 0 heterocycles. The molecule has 1 amide bonds. The van der Waals surface area contributed by atoms with Gasteiger partial charge < -0.3 is 10.4 Å². The van der Waals surface area contributed by atoms with Crippen LogP contribution in [0.2, 0.25) is 0 Å². The Balaban J connectivity index is 2.99. The number of hydrogen-bond donors (Lipinski definition) is 2. The number of alkyl halides is 1. The van der Waals surface area contributed by atoms with Gasteiger partial charge in [0.15, 0.2) is 5.75 Å². The average Bonchev–Trinajstić information content (AvgIpc) is 2.28. The minimum absolute atomic E-state index is 0.0000926. The summed E-state index contributed by atoms with van der Waals surface area (Å²) in [6, 6.07) is 2.83. The van der Waals surface area contributed by atoms with Crippen molar-refractivity contribution in [2.75, 3.05) is 5.88 Å². The van der Waals surface area contributed by atoms with Gasteiger partial charge in [-0.3, -0.25) is 14.9 Å². The Morgan fingerprint density at radius 3 is 2.76 bits per heavy atom. The Bertz CT molecular complexity index is 462. The summed E-state index contributed by atoms with van der Waals surface area (Å²) in [5.74, 6) is -1.04. The summed E-state index contributed by atoms with van der Waals surface area (Å²) < 4.78 is 0. The van der Waals surface area contributed by atoms with Gasteiger partial charge in [0, 0.05) is 18.2 Å². The largest absolute Gasteiger partial charge is 0.502 e. The average molecular weight is 259 g/mol. The van der Waals surface area contributed by atoms with E-state index in [4.69, 9.17) is 11.6 Å². The van der Waals surface area contributed by atoms with Gasteiger partial charge in [0.2, 0.25) is 5.91 Å². The Morgan fingerprint density at radius 1 is 1.59 bits per heavy atom. The van der Waals surface area contributed by atoms with E-state index in [1.807, 2.05) is 0 Å². The molecule has 7 heteroatoms. The highest BCUT2D eigenvalue weighted by molar-refractivity contribution is 6.27. The number of amides is 1. The van der Waals surface area contributed by atoms with E-state index in [9.17, 15) is 20.0 Å². The Kier molecular flexibility index (Phi) is 4.28. The van der Waals surface area contributed by atoms with Crippen molar-refractivity contribution in [2.45, 2.75) is 13.5 Å². The monoisotopic (exact) mass is 258 g/mol. The minimum Gasteiger partial charge on any atom is -0.502 e. The lowest BCUT2D eigenvalue weighted by Gasteiger charge is -2.07. The Morgan fingerprint density at radius 2 is 2.24 bits per heavy atom. The molecule has 1 aromatic rings. The number of benzene rings is 1. The summed E-state index contributed by atoms with van der Waals surface area (Å²) in [6.07, 6.45) is 0. The van der Waals surface area contributed by atoms with E-state index < -0.39 is 16.6 Å². The van der Waals surface area contributed by atoms with Crippen molar-refractivity contribution < 1.29 is 14.8 Å². The number of phenols is 1. The second-order valence-electron chi connectivity index (χ2n) is 3.46. The van der Waals surface area contributed by atoms with Crippen LogP contribution in [0, 0.1) is 17.0 Å². The third-order valence-corrected chi connectivity index (χ3v) is 2.35. The maximum atomic E-state index is 10.9. The van der Waals surface area contributed by atoms with Crippen LogP contribution in [-0.4, -0.2) is 21.8 Å². The standard InChI is InChI=1S/C10H11ClN2O4/c1-6-2-7(5-12-9(14)4-11)10(15)8(3-6)13(16)17/h2-3,15H,4-5H2,1H3,(H,12,14). The Labute approximate surface area is 102 Å². The SMILES string of the molecule is Cc1cc(CNC(=O)CCl)c(O)c([N+](=O)[O-])c1. The molecule has 0 aliphatic heterocycles. The molecule has 1 aromatic carbocycles. The Hall–Kier alpha value is -1.82. The van der Waals surface area contributed by atoms with Gasteiger partial charge >= 0.3 is 5.69 Å². The number of carbonyl (C=O) groups excluding carboxylic acids is 1. The number of nitrogens with zero attached hydrogens (tertiary/aromatic N) is 1. The first-order valence-electron chi connectivity index (χ1n) is 4.75. The number of nitro groups is 1. The van der Waals surface area contributed by atoms with Crippen LogP contribution in [0.4, 0.5) is 5.69 Å². The van der Waals surface area contributed by atoms with Gasteiger partial charge in [-0.2, -0.15) is 0 Å². The smallest absolute Gasteiger partial charge is 0.311 e. The van der Waals surface area contributed by atoms with E-state index in [2.05, 4.69) is 5.32 Å². The molecule has 0 saturated carbocycles. The molecule has 1 rings (SSSR count). The minimum atomic E-state index is -0.671. The van der Waals surface area contributed by atoms with E-state index in [1.54, 1.807) is 13.0 Å². The van der Waals surface area contributed by atoms with E-state index in [1.165, 1.54) is 6.07 Å². The van der Waals surface area contributed by atoms with E-state index in [0.717, 1.165) is 0 Å². The maximum absolute atomic E-state index is 10.9. The van der Waals surface area contributed by atoms with Gasteiger partial charge in [-0.15, -0.1) is 11.6 Å². The summed E-state index contributed by atoms with van der Waals surface area (Å²) in [5, 5.41) is 22.7. The third kappa shape index (κ3) is 3.32. The van der Waals surface area contributed by atoms with Crippen LogP contribution in [0.3, 0.4) is 0 Å². The zero-order valence-corrected chi connectivity index (χ0v) is 9.82. The molecule has 0 atom stereocenters. The van der Waals surface area contributed by atoms with Crippen molar-refractivity contribution in [3.8, 4) is 5.75 Å². The zero-order valence-electron chi connectivity index (χ0n) is 9.07. The molecule has 6 nitrogen and oxygen atoms in total. The van der Waals surface area contributed by atoms with Crippen LogP contribution in [0.5, 0.6) is 5.75 Å². The second kappa shape index (κ2) is 5.49. The molecule has 0 unspecified atom stereocenters. The van der Waals surface area contributed by atoms with Crippen LogP contribution in [0.15, 0.2) is 12.1 Å². The number of carbonyl (C=O) groups is 1. The quantitative estimate of drug-likeness (QED) is 0.486. The number of aromatic hydroxyl groups is 1. The number of nitro benzene ring substituents is 1. The number of phenolic OH excluding ortho intramolecular Hbond substituents is 1. The van der Waals surface area contributed by atoms with Gasteiger partial charge in [0.25, 0.3) is 0 Å². The molecular weight excluding hydrogens is 248 g/mol. The molecule has 0 aromatic heterocycles. The fourth-order valence-corrected chi connectivity index (χ4v) is 1.44. The van der Waals surface area contributed by atoms with Gasteiger partial charge in [0.1, 0.15) is 5.88 Å². The van der Waals surface area contributed by atoms with E-state index >= 15 is 0 Å². The summed E-state index contributed by atoms with van der Waals surface area (Å²) in [5.41, 5.74) is 0.542. The van der Waals surface area contributed by atoms with Gasteiger partial charge in [-0.05, 0) is 12.5 Å². The van der Waals surface area contributed by atoms with E-state index in [0.29, 0.717) is 5.56 Å². The summed E-state index contributed by atoms with van der Waals surface area (Å²) >= 11 is 5.29. The molecule has 17 heavy (non-hydrogen) atoms. The van der Waals surface area contributed by atoms with Crippen LogP contribution in [0.1, 0.15) is 11.1 Å². The first kappa shape index (κ1) is 13.2. The highest BCUT2D eigenvalue weighted by Crippen LogP contribution is 2.30. The molecule has 0 saturated heterocycles. The number of hydrogen-bond acceptors (Lipinski definition) is 4. The predicted molar refractivity (Wildman–Crippen MR) is 62.1 cm³/mol. The molecule has 0 aliphatic carbocycles. The van der Waals surface area contributed by atoms with Gasteiger partial charge in [0.05, 0.1) is 4.92 Å². The summed E-state index contributed by atoms with van der Waals surface area (Å²) in [7, 11) is 0. The van der Waals surface area contributed by atoms with Gasteiger partial charge in [-0.1, -0.05) is 6.07 Å². The fourth-order valence-electron chi connectivity index (χ4n) is 1.35. The first-order chi connectivity index (χ1) is 7.95. The van der Waals surface area contributed by atoms with Crippen LogP contribution >= 0.6 is 11.6 Å². The van der Waals surface area contributed by atoms with Crippen molar-refractivity contribution >= 4 is 23.2 Å². The lowest BCUT2D eigenvalue weighted by molar-refractivity contribution is -0.386. The number of halogens is 1. The molecule has 0 spiro atoms. The van der Waals surface area contributed by atoms with Crippen LogP contribution in [-0.2, 0) is 11.3 Å². The number of aryl methyl sites for hydroxylation is 1. The maximum Gasteiger partial charge on any atom is 0.311 e. The fraction of sp³-hybridized carbons (Fsp3) is 0.300. The number of rotatable bonds is 4. The zero-order chi connectivity index (χ0) is 13.0. The molecule has 0 aliphatic rings. The first-order valence-corrected chi connectivity index (χ1v) is 5.28. The van der Waals surface area contributed by atoms with Crippen molar-refractivity contribution in [2.24, 2.45) is 0 Å². The molecule has 0 bridgehead atoms. The van der Waals surface area contributed by atoms with Crippen molar-refractivity contribution in [1.82, 2.24) is 5.32 Å². The second-order valence-corrected chi connectivity index (χ2v) is 3.73. The summed E-state index contributed by atoms with van der Waals surface area (Å²) in [4.78, 5) is 20.9. The molecular formula is C10H11ClN2O4. The lowest BCUT2D eigenvalue weighted by atomic mass is 10.1. The normalized spacial score (nSPS) is 10.0. The highest BCUT2D eigenvalue weighted by Gasteiger charge is 2.18. The molecule has 0 radical (unpaired) electrons. The molecule has 92 valence electrons. The van der Waals surface area contributed by atoms with Crippen LogP contribution in [0.25, 0.3) is 0 Å². The van der Waals surface area contributed by atoms with Crippen molar-refractivity contribution in [3.05, 3.63) is 33.4 Å². The van der Waals surface area contributed by atoms with Crippen molar-refractivity contribution in [3.63, 3.8) is 0 Å². The lowest BCUT2D eigenvalue weighted by Crippen LogP contribution is -2.23. The van der Waals surface area contributed by atoms with Crippen molar-refractivity contribution in [1.29, 1.82) is 0 Å². The highest BCUT2D eigenvalue weighted by atomic mass is 35.5. The van der Waals surface area contributed by atoms with Crippen LogP contribution < -0.4 is 5.32 Å². The predicted octanol–water partition coefficient (Wildman–Crippen LogP) is 1.46. The van der Waals surface area contributed by atoms with E-state index in [-0.39, 0.29) is 23.7 Å². The summed E-state index contributed by atoms with van der Waals surface area (Å²) in [6.45, 7) is 1.67. The molecule has 2 N–H and O–H groups in total. The van der Waals surface area contributed by atoms with Gasteiger partial charge in [-0.25, -0.2) is 0 Å². The molecule has 0 fully saturated rings. The third-order valence-electron chi connectivity index (χ3n) is 2.11. The number of nitrogens with one attached hydrogen (secondary N) is 1.